The maximum absolute atomic E-state index is 13.6. The molecule has 8 heteroatoms. The maximum Gasteiger partial charge on any atom is 0.272 e. The number of anilines is 1. The van der Waals surface area contributed by atoms with Gasteiger partial charge in [0.25, 0.3) is 11.8 Å². The molecule has 0 spiro atoms. The van der Waals surface area contributed by atoms with E-state index in [4.69, 9.17) is 14.6 Å². The molecule has 1 N–H and O–H groups in total. The van der Waals surface area contributed by atoms with Gasteiger partial charge in [-0.1, -0.05) is 12.1 Å². The first-order valence-corrected chi connectivity index (χ1v) is 9.35. The number of benzene rings is 2. The lowest BCUT2D eigenvalue weighted by Crippen LogP contribution is -2.31. The molecule has 6 nitrogen and oxygen atoms in total. The monoisotopic (exact) mass is 403 g/mol. The van der Waals surface area contributed by atoms with Crippen molar-refractivity contribution in [3.05, 3.63) is 58.8 Å². The van der Waals surface area contributed by atoms with E-state index in [1.807, 2.05) is 0 Å². The second-order valence-electron chi connectivity index (χ2n) is 5.77. The van der Waals surface area contributed by atoms with Crippen molar-refractivity contribution in [1.29, 1.82) is 0 Å². The maximum atomic E-state index is 13.6. The molecule has 146 valence electrons. The van der Waals surface area contributed by atoms with Gasteiger partial charge in [0.15, 0.2) is 11.5 Å². The zero-order chi connectivity index (χ0) is 20.3. The van der Waals surface area contributed by atoms with Gasteiger partial charge in [0, 0.05) is 5.75 Å². The molecule has 0 atom stereocenters. The number of aliphatic hydroxyl groups is 1. The molecule has 0 saturated carbocycles. The highest BCUT2D eigenvalue weighted by molar-refractivity contribution is 8.04. The van der Waals surface area contributed by atoms with E-state index in [0.717, 1.165) is 22.7 Å². The molecule has 1 aliphatic heterocycles. The van der Waals surface area contributed by atoms with E-state index >= 15 is 0 Å². The number of hydrogen-bond donors (Lipinski definition) is 1. The molecule has 0 saturated heterocycles. The summed E-state index contributed by atoms with van der Waals surface area (Å²) in [5.41, 5.74) is 0.789. The summed E-state index contributed by atoms with van der Waals surface area (Å²) >= 11 is 1.08. The summed E-state index contributed by atoms with van der Waals surface area (Å²) in [4.78, 5) is 27.2. The molecule has 28 heavy (non-hydrogen) atoms. The molecule has 1 aliphatic rings. The Morgan fingerprint density at radius 1 is 1.04 bits per heavy atom. The number of nitrogens with zero attached hydrogens (tertiary/aromatic N) is 1. The van der Waals surface area contributed by atoms with Crippen LogP contribution in [0, 0.1) is 5.82 Å². The standard InChI is InChI=1S/C20H18FNO5S/c1-26-15-7-6-12(10-16(15)27-2)17-18(28-9-8-23)20(25)22(19(17)24)14-5-3-4-13(21)11-14/h3-7,10-11,23H,8-9H2,1-2H3. The van der Waals surface area contributed by atoms with Gasteiger partial charge >= 0.3 is 0 Å². The predicted octanol–water partition coefficient (Wildman–Crippen LogP) is 2.85. The summed E-state index contributed by atoms with van der Waals surface area (Å²) in [6, 6.07) is 10.2. The van der Waals surface area contributed by atoms with Crippen molar-refractivity contribution in [1.82, 2.24) is 0 Å². The Labute approximate surface area is 165 Å². The van der Waals surface area contributed by atoms with E-state index in [9.17, 15) is 14.0 Å². The molecule has 3 rings (SSSR count). The minimum absolute atomic E-state index is 0.146. The number of amides is 2. The van der Waals surface area contributed by atoms with Crippen molar-refractivity contribution >= 4 is 34.8 Å². The number of halogens is 1. The first-order valence-electron chi connectivity index (χ1n) is 8.36. The molecular formula is C20H18FNO5S. The van der Waals surface area contributed by atoms with Crippen molar-refractivity contribution in [3.63, 3.8) is 0 Å². The minimum Gasteiger partial charge on any atom is -0.493 e. The van der Waals surface area contributed by atoms with Gasteiger partial charge in [-0.15, -0.1) is 11.8 Å². The van der Waals surface area contributed by atoms with Crippen LogP contribution >= 0.6 is 11.8 Å². The lowest BCUT2D eigenvalue weighted by molar-refractivity contribution is -0.119. The largest absolute Gasteiger partial charge is 0.493 e. The van der Waals surface area contributed by atoms with Crippen LogP contribution < -0.4 is 14.4 Å². The molecule has 0 aliphatic carbocycles. The fourth-order valence-corrected chi connectivity index (χ4v) is 3.75. The number of carbonyl (C=O) groups is 2. The van der Waals surface area contributed by atoms with Gasteiger partial charge in [-0.3, -0.25) is 9.59 Å². The van der Waals surface area contributed by atoms with Gasteiger partial charge in [-0.2, -0.15) is 0 Å². The molecule has 0 bridgehead atoms. The van der Waals surface area contributed by atoms with Crippen LogP contribution in [0.1, 0.15) is 5.56 Å². The Balaban J connectivity index is 2.11. The summed E-state index contributed by atoms with van der Waals surface area (Å²) in [6.45, 7) is -0.158. The van der Waals surface area contributed by atoms with Crippen molar-refractivity contribution in [2.75, 3.05) is 31.5 Å². The van der Waals surface area contributed by atoms with E-state index in [-0.39, 0.29) is 28.5 Å². The minimum atomic E-state index is -0.566. The van der Waals surface area contributed by atoms with Crippen molar-refractivity contribution in [3.8, 4) is 11.5 Å². The topological polar surface area (TPSA) is 76.1 Å². The van der Waals surface area contributed by atoms with Crippen LogP contribution in [-0.2, 0) is 9.59 Å². The number of aliphatic hydroxyl groups excluding tert-OH is 1. The first kappa shape index (κ1) is 19.9. The molecule has 0 aromatic heterocycles. The molecule has 2 aromatic rings. The number of hydrogen-bond acceptors (Lipinski definition) is 6. The summed E-state index contributed by atoms with van der Waals surface area (Å²) in [7, 11) is 2.97. The van der Waals surface area contributed by atoms with E-state index in [1.165, 1.54) is 32.4 Å². The number of ether oxygens (including phenoxy) is 2. The van der Waals surface area contributed by atoms with Gasteiger partial charge in [0.05, 0.1) is 37.0 Å². The molecule has 0 radical (unpaired) electrons. The van der Waals surface area contributed by atoms with E-state index in [0.29, 0.717) is 17.1 Å². The number of imide groups is 1. The molecule has 2 amide bonds. The van der Waals surface area contributed by atoms with E-state index < -0.39 is 17.6 Å². The molecule has 2 aromatic carbocycles. The van der Waals surface area contributed by atoms with Crippen molar-refractivity contribution in [2.24, 2.45) is 0 Å². The summed E-state index contributed by atoms with van der Waals surface area (Å²) in [6.07, 6.45) is 0. The third kappa shape index (κ3) is 3.61. The highest BCUT2D eigenvalue weighted by atomic mass is 32.2. The Kier molecular flexibility index (Phi) is 6.01. The molecule has 0 fully saturated rings. The highest BCUT2D eigenvalue weighted by Gasteiger charge is 2.40. The third-order valence-electron chi connectivity index (χ3n) is 4.12. The Morgan fingerprint density at radius 2 is 1.79 bits per heavy atom. The lowest BCUT2D eigenvalue weighted by Gasteiger charge is -2.15. The summed E-state index contributed by atoms with van der Waals surface area (Å²) in [5, 5.41) is 9.17. The normalized spacial score (nSPS) is 14.1. The van der Waals surface area contributed by atoms with Gasteiger partial charge in [-0.25, -0.2) is 9.29 Å². The van der Waals surface area contributed by atoms with Crippen LogP contribution in [0.15, 0.2) is 47.4 Å². The number of thioether (sulfide) groups is 1. The third-order valence-corrected chi connectivity index (χ3v) is 5.17. The molecule has 1 heterocycles. The Hall–Kier alpha value is -2.84. The van der Waals surface area contributed by atoms with E-state index in [1.54, 1.807) is 18.2 Å². The fourth-order valence-electron chi connectivity index (χ4n) is 2.89. The zero-order valence-corrected chi connectivity index (χ0v) is 16.1. The average molecular weight is 403 g/mol. The second-order valence-corrected chi connectivity index (χ2v) is 6.88. The number of rotatable bonds is 7. The number of methoxy groups -OCH3 is 2. The average Bonchev–Trinajstić information content (AvgIpc) is 2.95. The lowest BCUT2D eigenvalue weighted by atomic mass is 10.1. The van der Waals surface area contributed by atoms with Gasteiger partial charge in [-0.05, 0) is 35.9 Å². The zero-order valence-electron chi connectivity index (χ0n) is 15.3. The van der Waals surface area contributed by atoms with Crippen LogP contribution in [-0.4, -0.2) is 43.5 Å². The fraction of sp³-hybridized carbons (Fsp3) is 0.200. The summed E-state index contributed by atoms with van der Waals surface area (Å²) < 4.78 is 24.1. The highest BCUT2D eigenvalue weighted by Crippen LogP contribution is 2.40. The molecular weight excluding hydrogens is 385 g/mol. The van der Waals surface area contributed by atoms with Crippen LogP contribution in [0.4, 0.5) is 10.1 Å². The van der Waals surface area contributed by atoms with Crippen LogP contribution in [0.25, 0.3) is 5.57 Å². The van der Waals surface area contributed by atoms with Crippen LogP contribution in [0.5, 0.6) is 11.5 Å². The molecule has 0 unspecified atom stereocenters. The number of carbonyl (C=O) groups excluding carboxylic acids is 2. The van der Waals surface area contributed by atoms with Crippen LogP contribution in [0.2, 0.25) is 0 Å². The van der Waals surface area contributed by atoms with Gasteiger partial charge in [0.2, 0.25) is 0 Å². The second kappa shape index (κ2) is 8.45. The Bertz CT molecular complexity index is 959. The van der Waals surface area contributed by atoms with Gasteiger partial charge in [0.1, 0.15) is 5.82 Å². The van der Waals surface area contributed by atoms with Crippen molar-refractivity contribution < 1.29 is 28.6 Å². The summed E-state index contributed by atoms with van der Waals surface area (Å²) in [5.74, 6) is -0.551. The van der Waals surface area contributed by atoms with Crippen LogP contribution in [0.3, 0.4) is 0 Å². The quantitative estimate of drug-likeness (QED) is 0.717. The SMILES string of the molecule is COc1ccc(C2=C(SCCO)C(=O)N(c3cccc(F)c3)C2=O)cc1OC. The van der Waals surface area contributed by atoms with Crippen molar-refractivity contribution in [2.45, 2.75) is 0 Å². The first-order chi connectivity index (χ1) is 13.5. The van der Waals surface area contributed by atoms with Gasteiger partial charge < -0.3 is 14.6 Å². The van der Waals surface area contributed by atoms with E-state index in [2.05, 4.69) is 0 Å². The Morgan fingerprint density at radius 3 is 2.43 bits per heavy atom. The predicted molar refractivity (Wildman–Crippen MR) is 105 cm³/mol. The smallest absolute Gasteiger partial charge is 0.272 e.